The molecular formula is C22H26N4OS. The maximum absolute atomic E-state index is 13.1. The van der Waals surface area contributed by atoms with Gasteiger partial charge in [0.1, 0.15) is 17.0 Å². The van der Waals surface area contributed by atoms with Crippen molar-refractivity contribution < 1.29 is 4.79 Å². The van der Waals surface area contributed by atoms with Gasteiger partial charge in [-0.15, -0.1) is 11.3 Å². The number of thiophene rings is 1. The topological polar surface area (TPSA) is 49.3 Å². The highest BCUT2D eigenvalue weighted by molar-refractivity contribution is 7.18. The molecule has 0 N–H and O–H groups in total. The Morgan fingerprint density at radius 3 is 2.57 bits per heavy atom. The van der Waals surface area contributed by atoms with Crippen LogP contribution >= 0.6 is 11.3 Å². The molecule has 1 aromatic carbocycles. The summed E-state index contributed by atoms with van der Waals surface area (Å²) in [5.74, 6) is 1.33. The van der Waals surface area contributed by atoms with Gasteiger partial charge in [-0.25, -0.2) is 9.97 Å². The number of carbonyl (C=O) groups is 1. The standard InChI is InChI=1S/C22H26N4OS/c1-4-26(18-8-6-5-7-9-18)22(27)17-10-12-25(13-11-17)20-19-15(2)16(3)28-21(19)24-14-23-20/h5-9,14,17H,4,10-13H2,1-3H3. The Kier molecular flexibility index (Phi) is 5.31. The number of nitrogens with zero attached hydrogens (tertiary/aromatic N) is 4. The van der Waals surface area contributed by atoms with Crippen LogP contribution in [0, 0.1) is 19.8 Å². The number of aromatic nitrogens is 2. The van der Waals surface area contributed by atoms with Crippen molar-refractivity contribution in [1.82, 2.24) is 9.97 Å². The number of fused-ring (bicyclic) bond motifs is 1. The zero-order valence-electron chi connectivity index (χ0n) is 16.7. The minimum Gasteiger partial charge on any atom is -0.356 e. The molecule has 1 saturated heterocycles. The van der Waals surface area contributed by atoms with E-state index in [0.29, 0.717) is 6.54 Å². The van der Waals surface area contributed by atoms with Crippen LogP contribution in [0.3, 0.4) is 0 Å². The van der Waals surface area contributed by atoms with E-state index in [-0.39, 0.29) is 11.8 Å². The van der Waals surface area contributed by atoms with Gasteiger partial charge in [0.05, 0.1) is 5.39 Å². The molecular weight excluding hydrogens is 368 g/mol. The van der Waals surface area contributed by atoms with E-state index in [1.54, 1.807) is 17.7 Å². The lowest BCUT2D eigenvalue weighted by Crippen LogP contribution is -2.43. The molecule has 0 aliphatic carbocycles. The highest BCUT2D eigenvalue weighted by atomic mass is 32.1. The van der Waals surface area contributed by atoms with Gasteiger partial charge in [-0.2, -0.15) is 0 Å². The molecule has 1 fully saturated rings. The van der Waals surface area contributed by atoms with Crippen LogP contribution in [-0.4, -0.2) is 35.5 Å². The first-order valence-electron chi connectivity index (χ1n) is 9.92. The minimum atomic E-state index is 0.0686. The van der Waals surface area contributed by atoms with Crippen molar-refractivity contribution in [3.05, 3.63) is 47.1 Å². The molecule has 0 saturated carbocycles. The van der Waals surface area contributed by atoms with Crippen molar-refractivity contribution in [2.24, 2.45) is 5.92 Å². The monoisotopic (exact) mass is 394 g/mol. The van der Waals surface area contributed by atoms with Gasteiger partial charge in [0.2, 0.25) is 5.91 Å². The lowest BCUT2D eigenvalue weighted by molar-refractivity contribution is -0.122. The first kappa shape index (κ1) is 18.9. The summed E-state index contributed by atoms with van der Waals surface area (Å²) in [6.07, 6.45) is 3.38. The van der Waals surface area contributed by atoms with E-state index in [0.717, 1.165) is 42.3 Å². The zero-order chi connectivity index (χ0) is 19.7. The largest absolute Gasteiger partial charge is 0.356 e. The zero-order valence-corrected chi connectivity index (χ0v) is 17.5. The number of hydrogen-bond acceptors (Lipinski definition) is 5. The fraction of sp³-hybridized carbons (Fsp3) is 0.409. The van der Waals surface area contributed by atoms with E-state index in [4.69, 9.17) is 0 Å². The van der Waals surface area contributed by atoms with Crippen LogP contribution in [0.5, 0.6) is 0 Å². The normalized spacial score (nSPS) is 15.2. The van der Waals surface area contributed by atoms with Crippen molar-refractivity contribution >= 4 is 39.0 Å². The molecule has 0 bridgehead atoms. The first-order chi connectivity index (χ1) is 13.6. The maximum atomic E-state index is 13.1. The van der Waals surface area contributed by atoms with Crippen molar-refractivity contribution in [3.63, 3.8) is 0 Å². The molecule has 2 aromatic heterocycles. The molecule has 3 aromatic rings. The molecule has 0 radical (unpaired) electrons. The fourth-order valence-electron chi connectivity index (χ4n) is 4.04. The van der Waals surface area contributed by atoms with Gasteiger partial charge in [0.25, 0.3) is 0 Å². The van der Waals surface area contributed by atoms with Gasteiger partial charge in [-0.05, 0) is 51.3 Å². The summed E-state index contributed by atoms with van der Waals surface area (Å²) in [5, 5.41) is 1.18. The van der Waals surface area contributed by atoms with Crippen molar-refractivity contribution in [1.29, 1.82) is 0 Å². The minimum absolute atomic E-state index is 0.0686. The van der Waals surface area contributed by atoms with E-state index < -0.39 is 0 Å². The van der Waals surface area contributed by atoms with E-state index in [1.807, 2.05) is 42.2 Å². The third-order valence-electron chi connectivity index (χ3n) is 5.74. The summed E-state index contributed by atoms with van der Waals surface area (Å²) in [7, 11) is 0. The lowest BCUT2D eigenvalue weighted by atomic mass is 9.94. The fourth-order valence-corrected chi connectivity index (χ4v) is 5.03. The Morgan fingerprint density at radius 1 is 1.18 bits per heavy atom. The molecule has 4 rings (SSSR count). The van der Waals surface area contributed by atoms with E-state index in [9.17, 15) is 4.79 Å². The summed E-state index contributed by atoms with van der Waals surface area (Å²) in [6, 6.07) is 9.97. The summed E-state index contributed by atoms with van der Waals surface area (Å²) >= 11 is 1.73. The second-order valence-electron chi connectivity index (χ2n) is 7.34. The van der Waals surface area contributed by atoms with Crippen LogP contribution in [0.15, 0.2) is 36.7 Å². The number of amides is 1. The molecule has 1 amide bonds. The lowest BCUT2D eigenvalue weighted by Gasteiger charge is -2.35. The Hall–Kier alpha value is -2.47. The van der Waals surface area contributed by atoms with E-state index >= 15 is 0 Å². The Balaban J connectivity index is 1.50. The summed E-state index contributed by atoms with van der Waals surface area (Å²) in [6.45, 7) is 8.73. The molecule has 28 heavy (non-hydrogen) atoms. The summed E-state index contributed by atoms with van der Waals surface area (Å²) in [5.41, 5.74) is 2.26. The van der Waals surface area contributed by atoms with Gasteiger partial charge in [0, 0.05) is 36.1 Å². The SMILES string of the molecule is CCN(C(=O)C1CCN(c2ncnc3sc(C)c(C)c23)CC1)c1ccccc1. The molecule has 3 heterocycles. The molecule has 0 spiro atoms. The molecule has 0 unspecified atom stereocenters. The Morgan fingerprint density at radius 2 is 1.89 bits per heavy atom. The first-order valence-corrected chi connectivity index (χ1v) is 10.7. The van der Waals surface area contributed by atoms with Crippen molar-refractivity contribution in [3.8, 4) is 0 Å². The predicted octanol–water partition coefficient (Wildman–Crippen LogP) is 4.58. The number of aryl methyl sites for hydroxylation is 2. The van der Waals surface area contributed by atoms with Crippen molar-refractivity contribution in [2.45, 2.75) is 33.6 Å². The van der Waals surface area contributed by atoms with Gasteiger partial charge < -0.3 is 9.80 Å². The summed E-state index contributed by atoms with van der Waals surface area (Å²) in [4.78, 5) is 28.8. The maximum Gasteiger partial charge on any atom is 0.230 e. The number of piperidine rings is 1. The molecule has 6 heteroatoms. The Bertz CT molecular complexity index is 977. The predicted molar refractivity (Wildman–Crippen MR) is 116 cm³/mol. The van der Waals surface area contributed by atoms with Gasteiger partial charge in [-0.1, -0.05) is 18.2 Å². The number of hydrogen-bond donors (Lipinski definition) is 0. The van der Waals surface area contributed by atoms with Crippen LogP contribution in [-0.2, 0) is 4.79 Å². The van der Waals surface area contributed by atoms with Gasteiger partial charge in [0.15, 0.2) is 0 Å². The average molecular weight is 395 g/mol. The molecule has 1 aliphatic rings. The summed E-state index contributed by atoms with van der Waals surface area (Å²) < 4.78 is 0. The second kappa shape index (κ2) is 7.87. The van der Waals surface area contributed by atoms with Crippen LogP contribution in [0.2, 0.25) is 0 Å². The number of benzene rings is 1. The quantitative estimate of drug-likeness (QED) is 0.650. The van der Waals surface area contributed by atoms with Crippen LogP contribution in [0.4, 0.5) is 11.5 Å². The molecule has 5 nitrogen and oxygen atoms in total. The van der Waals surface area contributed by atoms with Crippen LogP contribution < -0.4 is 9.80 Å². The third-order valence-corrected chi connectivity index (χ3v) is 6.85. The third kappa shape index (κ3) is 3.37. The number of para-hydroxylation sites is 1. The second-order valence-corrected chi connectivity index (χ2v) is 8.54. The van der Waals surface area contributed by atoms with Crippen molar-refractivity contribution in [2.75, 3.05) is 29.4 Å². The van der Waals surface area contributed by atoms with Gasteiger partial charge in [-0.3, -0.25) is 4.79 Å². The molecule has 1 aliphatic heterocycles. The number of anilines is 2. The van der Waals surface area contributed by atoms with Crippen LogP contribution in [0.1, 0.15) is 30.2 Å². The number of carbonyl (C=O) groups excluding carboxylic acids is 1. The van der Waals surface area contributed by atoms with E-state index in [2.05, 4.69) is 28.7 Å². The smallest absolute Gasteiger partial charge is 0.230 e. The van der Waals surface area contributed by atoms with E-state index in [1.165, 1.54) is 15.8 Å². The Labute approximate surface area is 170 Å². The van der Waals surface area contributed by atoms with Crippen LogP contribution in [0.25, 0.3) is 10.2 Å². The average Bonchev–Trinajstić information content (AvgIpc) is 3.03. The highest BCUT2D eigenvalue weighted by Gasteiger charge is 2.30. The molecule has 0 atom stereocenters. The molecule has 146 valence electrons. The highest BCUT2D eigenvalue weighted by Crippen LogP contribution is 2.36. The van der Waals surface area contributed by atoms with Gasteiger partial charge >= 0.3 is 0 Å². The number of rotatable bonds is 4.